The first-order valence-corrected chi connectivity index (χ1v) is 7.34. The fourth-order valence-corrected chi connectivity index (χ4v) is 2.23. The average Bonchev–Trinajstić information content (AvgIpc) is 2.49. The Morgan fingerprint density at radius 3 is 2.55 bits per heavy atom. The van der Waals surface area contributed by atoms with Crippen LogP contribution in [-0.4, -0.2) is 16.7 Å². The van der Waals surface area contributed by atoms with Crippen molar-refractivity contribution in [3.05, 3.63) is 41.0 Å². The first kappa shape index (κ1) is 14.5. The Hall–Kier alpha value is -1.90. The maximum Gasteiger partial charge on any atom is 0.151 e. The zero-order valence-electron chi connectivity index (χ0n) is 12.8. The van der Waals surface area contributed by atoms with E-state index in [4.69, 9.17) is 0 Å². The topological polar surface area (TPSA) is 37.8 Å². The van der Waals surface area contributed by atoms with Gasteiger partial charge in [-0.2, -0.15) is 0 Å². The van der Waals surface area contributed by atoms with Gasteiger partial charge in [0.2, 0.25) is 0 Å². The van der Waals surface area contributed by atoms with Crippen LogP contribution in [0.4, 0.5) is 5.82 Å². The lowest BCUT2D eigenvalue weighted by Gasteiger charge is -2.13. The zero-order valence-corrected chi connectivity index (χ0v) is 12.8. The summed E-state index contributed by atoms with van der Waals surface area (Å²) in [6.07, 6.45) is 2.12. The van der Waals surface area contributed by atoms with Crippen LogP contribution < -0.4 is 5.32 Å². The highest BCUT2D eigenvalue weighted by molar-refractivity contribution is 5.67. The van der Waals surface area contributed by atoms with Crippen LogP contribution in [0.25, 0.3) is 11.3 Å². The van der Waals surface area contributed by atoms with E-state index in [1.807, 2.05) is 0 Å². The summed E-state index contributed by atoms with van der Waals surface area (Å²) < 4.78 is 0. The monoisotopic (exact) mass is 269 g/mol. The van der Waals surface area contributed by atoms with Crippen molar-refractivity contribution in [2.75, 3.05) is 11.9 Å². The molecule has 1 aromatic carbocycles. The first-order chi connectivity index (χ1) is 9.67. The van der Waals surface area contributed by atoms with Gasteiger partial charge in [0.05, 0.1) is 5.69 Å². The molecule has 0 atom stereocenters. The average molecular weight is 269 g/mol. The van der Waals surface area contributed by atoms with E-state index < -0.39 is 0 Å². The molecular weight excluding hydrogens is 246 g/mol. The lowest BCUT2D eigenvalue weighted by Crippen LogP contribution is -2.07. The Bertz CT molecular complexity index is 591. The lowest BCUT2D eigenvalue weighted by atomic mass is 10.0. The Labute approximate surface area is 121 Å². The van der Waals surface area contributed by atoms with Gasteiger partial charge in [0.25, 0.3) is 0 Å². The molecule has 3 heteroatoms. The van der Waals surface area contributed by atoms with E-state index in [9.17, 15) is 0 Å². The predicted octanol–water partition coefficient (Wildman–Crippen LogP) is 4.14. The van der Waals surface area contributed by atoms with Crippen LogP contribution >= 0.6 is 0 Å². The highest BCUT2D eigenvalue weighted by Gasteiger charge is 2.11. The summed E-state index contributed by atoms with van der Waals surface area (Å²) in [5.41, 5.74) is 5.85. The predicted molar refractivity (Wildman–Crippen MR) is 85.1 cm³/mol. The van der Waals surface area contributed by atoms with Crippen LogP contribution in [0, 0.1) is 13.8 Å². The largest absolute Gasteiger partial charge is 0.368 e. The Morgan fingerprint density at radius 2 is 1.85 bits per heavy atom. The van der Waals surface area contributed by atoms with E-state index in [1.165, 1.54) is 16.7 Å². The van der Waals surface area contributed by atoms with Crippen molar-refractivity contribution in [2.45, 2.75) is 40.5 Å². The second-order valence-electron chi connectivity index (χ2n) is 5.13. The van der Waals surface area contributed by atoms with Gasteiger partial charge in [-0.25, -0.2) is 0 Å². The van der Waals surface area contributed by atoms with Crippen LogP contribution in [0.15, 0.2) is 24.3 Å². The number of aryl methyl sites for hydroxylation is 1. The third-order valence-corrected chi connectivity index (χ3v) is 3.67. The maximum atomic E-state index is 4.43. The van der Waals surface area contributed by atoms with Crippen molar-refractivity contribution in [1.82, 2.24) is 10.2 Å². The molecule has 0 aliphatic heterocycles. The summed E-state index contributed by atoms with van der Waals surface area (Å²) in [5.74, 6) is 0.903. The number of anilines is 1. The summed E-state index contributed by atoms with van der Waals surface area (Å²) in [6, 6.07) is 8.55. The van der Waals surface area contributed by atoms with Crippen molar-refractivity contribution in [2.24, 2.45) is 0 Å². The molecule has 0 bridgehead atoms. The molecule has 1 aromatic heterocycles. The molecule has 1 N–H and O–H groups in total. The Kier molecular flexibility index (Phi) is 4.72. The molecule has 0 amide bonds. The second kappa shape index (κ2) is 6.51. The number of benzene rings is 1. The molecular formula is C17H23N3. The minimum atomic E-state index is 0.903. The fraction of sp³-hybridized carbons (Fsp3) is 0.412. The molecule has 0 spiro atoms. The van der Waals surface area contributed by atoms with E-state index in [-0.39, 0.29) is 0 Å². The third-order valence-electron chi connectivity index (χ3n) is 3.67. The number of rotatable bonds is 5. The molecule has 106 valence electrons. The molecule has 0 aliphatic carbocycles. The quantitative estimate of drug-likeness (QED) is 0.886. The maximum absolute atomic E-state index is 4.43. The summed E-state index contributed by atoms with van der Waals surface area (Å²) in [4.78, 5) is 0. The van der Waals surface area contributed by atoms with Crippen molar-refractivity contribution in [3.8, 4) is 11.3 Å². The van der Waals surface area contributed by atoms with Crippen molar-refractivity contribution >= 4 is 5.82 Å². The third kappa shape index (κ3) is 2.98. The zero-order chi connectivity index (χ0) is 14.5. The molecule has 2 aromatic rings. The molecule has 0 radical (unpaired) electrons. The van der Waals surface area contributed by atoms with Gasteiger partial charge in [-0.05, 0) is 49.4 Å². The number of aromatic nitrogens is 2. The molecule has 0 fully saturated rings. The highest BCUT2D eigenvalue weighted by atomic mass is 15.2. The molecule has 1 heterocycles. The molecule has 0 aliphatic rings. The van der Waals surface area contributed by atoms with E-state index in [1.54, 1.807) is 0 Å². The van der Waals surface area contributed by atoms with Crippen molar-refractivity contribution in [1.29, 1.82) is 0 Å². The van der Waals surface area contributed by atoms with Gasteiger partial charge in [0.15, 0.2) is 5.82 Å². The standard InChI is InChI=1S/C17H23N3/c1-5-10-18-17-13(4)12(3)16(19-20-17)15-9-7-8-14(6-2)11-15/h7-9,11H,5-6,10H2,1-4H3,(H,18,20). The van der Waals surface area contributed by atoms with Crippen LogP contribution in [0.1, 0.15) is 37.0 Å². The van der Waals surface area contributed by atoms with Crippen LogP contribution in [0.2, 0.25) is 0 Å². The summed E-state index contributed by atoms with van der Waals surface area (Å²) in [6.45, 7) is 9.47. The number of hydrogen-bond donors (Lipinski definition) is 1. The van der Waals surface area contributed by atoms with Gasteiger partial charge >= 0.3 is 0 Å². The molecule has 20 heavy (non-hydrogen) atoms. The summed E-state index contributed by atoms with van der Waals surface area (Å²) >= 11 is 0. The highest BCUT2D eigenvalue weighted by Crippen LogP contribution is 2.26. The number of nitrogens with one attached hydrogen (secondary N) is 1. The van der Waals surface area contributed by atoms with Gasteiger partial charge in [0.1, 0.15) is 0 Å². The smallest absolute Gasteiger partial charge is 0.151 e. The van der Waals surface area contributed by atoms with Crippen molar-refractivity contribution < 1.29 is 0 Å². The van der Waals surface area contributed by atoms with Gasteiger partial charge in [-0.15, -0.1) is 10.2 Å². The summed E-state index contributed by atoms with van der Waals surface area (Å²) in [5, 5.41) is 12.1. The Balaban J connectivity index is 2.40. The lowest BCUT2D eigenvalue weighted by molar-refractivity contribution is 0.932. The van der Waals surface area contributed by atoms with Crippen LogP contribution in [-0.2, 0) is 6.42 Å². The molecule has 0 saturated heterocycles. The normalized spacial score (nSPS) is 10.6. The number of hydrogen-bond acceptors (Lipinski definition) is 3. The van der Waals surface area contributed by atoms with Crippen LogP contribution in [0.5, 0.6) is 0 Å². The fourth-order valence-electron chi connectivity index (χ4n) is 2.23. The summed E-state index contributed by atoms with van der Waals surface area (Å²) in [7, 11) is 0. The van der Waals surface area contributed by atoms with Gasteiger partial charge in [-0.3, -0.25) is 0 Å². The van der Waals surface area contributed by atoms with Gasteiger partial charge < -0.3 is 5.32 Å². The van der Waals surface area contributed by atoms with E-state index >= 15 is 0 Å². The minimum Gasteiger partial charge on any atom is -0.368 e. The second-order valence-corrected chi connectivity index (χ2v) is 5.13. The van der Waals surface area contributed by atoms with Crippen molar-refractivity contribution in [3.63, 3.8) is 0 Å². The molecule has 0 saturated carbocycles. The van der Waals surface area contributed by atoms with E-state index in [0.717, 1.165) is 36.5 Å². The molecule has 0 unspecified atom stereocenters. The Morgan fingerprint density at radius 1 is 1.05 bits per heavy atom. The first-order valence-electron chi connectivity index (χ1n) is 7.34. The minimum absolute atomic E-state index is 0.903. The van der Waals surface area contributed by atoms with E-state index in [0.29, 0.717) is 0 Å². The SMILES string of the molecule is CCCNc1nnc(-c2cccc(CC)c2)c(C)c1C. The number of nitrogens with zero attached hydrogens (tertiary/aromatic N) is 2. The van der Waals surface area contributed by atoms with E-state index in [2.05, 4.69) is 67.5 Å². The van der Waals surface area contributed by atoms with Gasteiger partial charge in [0, 0.05) is 12.1 Å². The molecule has 2 rings (SSSR count). The van der Waals surface area contributed by atoms with Gasteiger partial charge in [-0.1, -0.05) is 32.0 Å². The van der Waals surface area contributed by atoms with Crippen LogP contribution in [0.3, 0.4) is 0 Å². The molecule has 3 nitrogen and oxygen atoms in total.